The molecule has 0 radical (unpaired) electrons. The van der Waals surface area contributed by atoms with Crippen molar-refractivity contribution in [1.82, 2.24) is 0 Å². The third kappa shape index (κ3) is 3.71. The van der Waals surface area contributed by atoms with E-state index in [4.69, 9.17) is 22.7 Å². The van der Waals surface area contributed by atoms with Gasteiger partial charge in [-0.3, -0.25) is 4.72 Å². The van der Waals surface area contributed by atoms with E-state index in [2.05, 4.69) is 4.72 Å². The van der Waals surface area contributed by atoms with Crippen molar-refractivity contribution in [2.75, 3.05) is 11.8 Å². The lowest BCUT2D eigenvalue weighted by Gasteiger charge is -2.10. The van der Waals surface area contributed by atoms with E-state index >= 15 is 0 Å². The number of anilines is 1. The number of rotatable bonds is 5. The van der Waals surface area contributed by atoms with Crippen molar-refractivity contribution in [3.63, 3.8) is 0 Å². The summed E-state index contributed by atoms with van der Waals surface area (Å²) in [6, 6.07) is 12.8. The van der Waals surface area contributed by atoms with E-state index in [0.717, 1.165) is 0 Å². The van der Waals surface area contributed by atoms with Gasteiger partial charge in [0.1, 0.15) is 10.7 Å². The highest BCUT2D eigenvalue weighted by atomic mass is 32.2. The summed E-state index contributed by atoms with van der Waals surface area (Å²) < 4.78 is 32.2. The summed E-state index contributed by atoms with van der Waals surface area (Å²) in [7, 11) is -2.20. The Bertz CT molecular complexity index is 773. The summed E-state index contributed by atoms with van der Waals surface area (Å²) in [5, 5.41) is 0. The van der Waals surface area contributed by atoms with E-state index in [9.17, 15) is 8.42 Å². The minimum absolute atomic E-state index is 0.0932. The number of hydrogen-bond donors (Lipinski definition) is 2. The Morgan fingerprint density at radius 2 is 1.90 bits per heavy atom. The fourth-order valence-corrected chi connectivity index (χ4v) is 2.94. The summed E-state index contributed by atoms with van der Waals surface area (Å²) in [6.45, 7) is 0. The predicted octanol–water partition coefficient (Wildman–Crippen LogP) is 2.13. The maximum Gasteiger partial charge on any atom is 0.261 e. The summed E-state index contributed by atoms with van der Waals surface area (Å²) in [4.78, 5) is 0.240. The molecule has 21 heavy (non-hydrogen) atoms. The van der Waals surface area contributed by atoms with Gasteiger partial charge in [-0.1, -0.05) is 30.4 Å². The molecule has 0 aromatic heterocycles. The number of nitrogens with two attached hydrogens (primary N) is 1. The average molecular weight is 322 g/mol. The molecule has 0 amide bonds. The zero-order chi connectivity index (χ0) is 15.5. The van der Waals surface area contributed by atoms with Crippen LogP contribution in [0.3, 0.4) is 0 Å². The zero-order valence-corrected chi connectivity index (χ0v) is 12.9. The third-order valence-corrected chi connectivity index (χ3v) is 4.37. The van der Waals surface area contributed by atoms with Crippen LogP contribution in [0, 0.1) is 0 Å². The molecule has 0 aliphatic rings. The Morgan fingerprint density at radius 1 is 1.19 bits per heavy atom. The monoisotopic (exact) mass is 322 g/mol. The summed E-state index contributed by atoms with van der Waals surface area (Å²) >= 11 is 4.85. The molecule has 0 saturated heterocycles. The Hall–Kier alpha value is -2.12. The van der Waals surface area contributed by atoms with Gasteiger partial charge in [0.15, 0.2) is 0 Å². The third-order valence-electron chi connectivity index (χ3n) is 2.75. The first kappa shape index (κ1) is 15.3. The molecule has 2 aromatic carbocycles. The fourth-order valence-electron chi connectivity index (χ4n) is 1.72. The number of methoxy groups -OCH3 is 1. The minimum Gasteiger partial charge on any atom is -0.497 e. The van der Waals surface area contributed by atoms with Crippen molar-refractivity contribution >= 4 is 32.9 Å². The molecule has 0 aliphatic heterocycles. The Morgan fingerprint density at radius 3 is 2.57 bits per heavy atom. The smallest absolute Gasteiger partial charge is 0.261 e. The number of benzene rings is 2. The van der Waals surface area contributed by atoms with E-state index < -0.39 is 10.0 Å². The van der Waals surface area contributed by atoms with E-state index in [1.807, 2.05) is 0 Å². The van der Waals surface area contributed by atoms with Crippen LogP contribution >= 0.6 is 12.2 Å². The predicted molar refractivity (Wildman–Crippen MR) is 86.1 cm³/mol. The number of hydrogen-bond acceptors (Lipinski definition) is 4. The second-order valence-electron chi connectivity index (χ2n) is 4.23. The summed E-state index contributed by atoms with van der Waals surface area (Å²) in [5.41, 5.74) is 6.43. The maximum absolute atomic E-state index is 12.3. The lowest BCUT2D eigenvalue weighted by molar-refractivity contribution is 0.415. The summed E-state index contributed by atoms with van der Waals surface area (Å²) in [5.74, 6) is 0.562. The average Bonchev–Trinajstić information content (AvgIpc) is 2.47. The molecule has 110 valence electrons. The Balaban J connectivity index is 2.33. The van der Waals surface area contributed by atoms with Crippen LogP contribution in [0.1, 0.15) is 5.56 Å². The van der Waals surface area contributed by atoms with Crippen molar-refractivity contribution in [3.8, 4) is 5.75 Å². The van der Waals surface area contributed by atoms with Crippen LogP contribution in [0.5, 0.6) is 5.75 Å². The molecule has 0 atom stereocenters. The molecule has 5 nitrogen and oxygen atoms in total. The number of nitrogens with one attached hydrogen (secondary N) is 1. The first-order valence-corrected chi connectivity index (χ1v) is 7.88. The Labute approximate surface area is 128 Å². The lowest BCUT2D eigenvalue weighted by Crippen LogP contribution is -2.15. The van der Waals surface area contributed by atoms with Crippen LogP contribution in [0.2, 0.25) is 0 Å². The molecule has 2 rings (SSSR count). The molecule has 0 fully saturated rings. The van der Waals surface area contributed by atoms with Gasteiger partial charge >= 0.3 is 0 Å². The molecule has 0 unspecified atom stereocenters. The molecule has 0 saturated carbocycles. The molecule has 7 heteroatoms. The van der Waals surface area contributed by atoms with Gasteiger partial charge in [-0.2, -0.15) is 0 Å². The Kier molecular flexibility index (Phi) is 4.44. The van der Waals surface area contributed by atoms with Gasteiger partial charge in [-0.15, -0.1) is 0 Å². The van der Waals surface area contributed by atoms with Crippen LogP contribution < -0.4 is 15.2 Å². The van der Waals surface area contributed by atoms with E-state index in [1.54, 1.807) is 36.4 Å². The quantitative estimate of drug-likeness (QED) is 0.824. The number of thiocarbonyl (C=S) groups is 1. The van der Waals surface area contributed by atoms with Gasteiger partial charge in [0.2, 0.25) is 0 Å². The van der Waals surface area contributed by atoms with Crippen molar-refractivity contribution in [2.24, 2.45) is 5.73 Å². The van der Waals surface area contributed by atoms with E-state index in [1.165, 1.54) is 19.2 Å². The number of sulfonamides is 1. The molecule has 0 bridgehead atoms. The van der Waals surface area contributed by atoms with E-state index in [-0.39, 0.29) is 9.88 Å². The molecule has 0 aliphatic carbocycles. The largest absolute Gasteiger partial charge is 0.497 e. The standard InChI is InChI=1S/C14H14N2O3S2/c1-19-12-6-3-5-11(9-12)16-21(17,18)13-7-2-4-10(8-13)14(15)20/h2-9,16H,1H3,(H2,15,20). The van der Waals surface area contributed by atoms with Crippen LogP contribution in [0.15, 0.2) is 53.4 Å². The first-order valence-electron chi connectivity index (χ1n) is 5.99. The second-order valence-corrected chi connectivity index (χ2v) is 6.35. The molecule has 0 heterocycles. The normalized spacial score (nSPS) is 10.9. The first-order chi connectivity index (χ1) is 9.92. The van der Waals surface area contributed by atoms with Crippen LogP contribution in [0.25, 0.3) is 0 Å². The van der Waals surface area contributed by atoms with Gasteiger partial charge < -0.3 is 10.5 Å². The minimum atomic E-state index is -3.72. The molecule has 2 aromatic rings. The second kappa shape index (κ2) is 6.11. The maximum atomic E-state index is 12.3. The molecular formula is C14H14N2O3S2. The van der Waals surface area contributed by atoms with Crippen LogP contribution in [-0.4, -0.2) is 20.5 Å². The van der Waals surface area contributed by atoms with E-state index in [0.29, 0.717) is 17.0 Å². The van der Waals surface area contributed by atoms with Gasteiger partial charge in [0.25, 0.3) is 10.0 Å². The van der Waals surface area contributed by atoms with Gasteiger partial charge in [0.05, 0.1) is 17.7 Å². The molecule has 3 N–H and O–H groups in total. The SMILES string of the molecule is COc1cccc(NS(=O)(=O)c2cccc(C(N)=S)c2)c1. The summed E-state index contributed by atoms with van der Waals surface area (Å²) in [6.07, 6.45) is 0. The van der Waals surface area contributed by atoms with Crippen molar-refractivity contribution < 1.29 is 13.2 Å². The van der Waals surface area contributed by atoms with Crippen molar-refractivity contribution in [1.29, 1.82) is 0 Å². The zero-order valence-electron chi connectivity index (χ0n) is 11.2. The van der Waals surface area contributed by atoms with Crippen LogP contribution in [-0.2, 0) is 10.0 Å². The highest BCUT2D eigenvalue weighted by Crippen LogP contribution is 2.21. The van der Waals surface area contributed by atoms with Gasteiger partial charge in [-0.05, 0) is 24.3 Å². The lowest BCUT2D eigenvalue weighted by atomic mass is 10.2. The molecule has 0 spiro atoms. The highest BCUT2D eigenvalue weighted by molar-refractivity contribution is 7.92. The van der Waals surface area contributed by atoms with Crippen molar-refractivity contribution in [2.45, 2.75) is 4.90 Å². The van der Waals surface area contributed by atoms with Gasteiger partial charge in [-0.25, -0.2) is 8.42 Å². The topological polar surface area (TPSA) is 81.4 Å². The fraction of sp³-hybridized carbons (Fsp3) is 0.0714. The highest BCUT2D eigenvalue weighted by Gasteiger charge is 2.15. The van der Waals surface area contributed by atoms with Gasteiger partial charge in [0, 0.05) is 11.6 Å². The van der Waals surface area contributed by atoms with Crippen molar-refractivity contribution in [3.05, 3.63) is 54.1 Å². The number of ether oxygens (including phenoxy) is 1. The van der Waals surface area contributed by atoms with Crippen LogP contribution in [0.4, 0.5) is 5.69 Å². The molecular weight excluding hydrogens is 308 g/mol.